The van der Waals surface area contributed by atoms with Crippen molar-refractivity contribution >= 4 is 42.6 Å². The van der Waals surface area contributed by atoms with E-state index in [0.29, 0.717) is 31.1 Å². The summed E-state index contributed by atoms with van der Waals surface area (Å²) in [6.45, 7) is 3.73. The Morgan fingerprint density at radius 1 is 1.12 bits per heavy atom. The van der Waals surface area contributed by atoms with E-state index in [1.54, 1.807) is 4.90 Å². The van der Waals surface area contributed by atoms with Crippen molar-refractivity contribution in [2.75, 3.05) is 45.2 Å². The predicted molar refractivity (Wildman–Crippen MR) is 133 cm³/mol. The number of hydrogen-bond donors (Lipinski definition) is 0. The van der Waals surface area contributed by atoms with Crippen LogP contribution in [-0.4, -0.2) is 68.8 Å². The van der Waals surface area contributed by atoms with Crippen molar-refractivity contribution in [3.63, 3.8) is 0 Å². The Kier molecular flexibility index (Phi) is 7.32. The number of nitrogens with zero attached hydrogens (tertiary/aromatic N) is 4. The number of sulfonamides is 1. The van der Waals surface area contributed by atoms with E-state index in [0.717, 1.165) is 27.9 Å². The van der Waals surface area contributed by atoms with Gasteiger partial charge < -0.3 is 4.90 Å². The number of fused-ring (bicyclic) bond motifs is 1. The highest BCUT2D eigenvalue weighted by atomic mass is 32.2. The molecule has 3 aromatic rings. The molecule has 0 atom stereocenters. The number of aromatic nitrogens is 1. The molecule has 0 spiro atoms. The fraction of sp³-hybridized carbons (Fsp3) is 0.417. The van der Waals surface area contributed by atoms with E-state index in [1.165, 1.54) is 27.8 Å². The van der Waals surface area contributed by atoms with Gasteiger partial charge in [-0.05, 0) is 75.8 Å². The zero-order valence-corrected chi connectivity index (χ0v) is 21.2. The number of halogens is 1. The second kappa shape index (κ2) is 10.1. The van der Waals surface area contributed by atoms with Crippen molar-refractivity contribution in [3.8, 4) is 0 Å². The second-order valence-electron chi connectivity index (χ2n) is 8.89. The van der Waals surface area contributed by atoms with Crippen LogP contribution in [0, 0.1) is 18.7 Å². The molecule has 1 aromatic heterocycles. The van der Waals surface area contributed by atoms with Gasteiger partial charge in [-0.2, -0.15) is 4.31 Å². The summed E-state index contributed by atoms with van der Waals surface area (Å²) in [6, 6.07) is 10.9. The van der Waals surface area contributed by atoms with E-state index in [1.807, 2.05) is 38.1 Å². The van der Waals surface area contributed by atoms with Gasteiger partial charge in [-0.3, -0.25) is 9.69 Å². The topological polar surface area (TPSA) is 73.8 Å². The van der Waals surface area contributed by atoms with E-state index in [4.69, 9.17) is 4.98 Å². The first-order valence-corrected chi connectivity index (χ1v) is 13.5. The Labute approximate surface area is 203 Å². The maximum atomic E-state index is 13.6. The third-order valence-electron chi connectivity index (χ3n) is 6.05. The summed E-state index contributed by atoms with van der Waals surface area (Å²) >= 11 is 1.51. The molecule has 1 saturated heterocycles. The average molecular weight is 505 g/mol. The third-order valence-corrected chi connectivity index (χ3v) is 9.01. The molecule has 1 aliphatic rings. The summed E-state index contributed by atoms with van der Waals surface area (Å²) in [5.74, 6) is -0.780. The third kappa shape index (κ3) is 5.30. The van der Waals surface area contributed by atoms with Crippen LogP contribution in [0.3, 0.4) is 0 Å². The van der Waals surface area contributed by atoms with Gasteiger partial charge in [0.05, 0.1) is 15.1 Å². The Balaban J connectivity index is 1.50. The molecular weight excluding hydrogens is 475 g/mol. The minimum absolute atomic E-state index is 0.0172. The van der Waals surface area contributed by atoms with Gasteiger partial charge in [-0.15, -0.1) is 0 Å². The SMILES string of the molecule is Cc1ccc2nc(N(CCN(C)C)C(=O)C3CCN(S(=O)(=O)c4ccc(F)cc4)CC3)sc2c1. The largest absolute Gasteiger partial charge is 0.308 e. The number of likely N-dealkylation sites (N-methyl/N-ethyl adjacent to an activating group) is 1. The molecule has 2 heterocycles. The van der Waals surface area contributed by atoms with Crippen molar-refractivity contribution in [2.45, 2.75) is 24.7 Å². The molecule has 0 bridgehead atoms. The number of hydrogen-bond acceptors (Lipinski definition) is 6. The first-order chi connectivity index (χ1) is 16.1. The van der Waals surface area contributed by atoms with Crippen LogP contribution in [-0.2, 0) is 14.8 Å². The normalized spacial score (nSPS) is 15.8. The van der Waals surface area contributed by atoms with Crippen LogP contribution in [0.5, 0.6) is 0 Å². The smallest absolute Gasteiger partial charge is 0.243 e. The van der Waals surface area contributed by atoms with Gasteiger partial charge in [-0.1, -0.05) is 17.4 Å². The molecule has 0 unspecified atom stereocenters. The Hall–Kier alpha value is -2.40. The molecule has 0 N–H and O–H groups in total. The first kappa shape index (κ1) is 24.7. The van der Waals surface area contributed by atoms with Crippen LogP contribution in [0.15, 0.2) is 47.4 Å². The average Bonchev–Trinajstić information content (AvgIpc) is 3.22. The molecule has 7 nitrogen and oxygen atoms in total. The second-order valence-corrected chi connectivity index (χ2v) is 11.8. The van der Waals surface area contributed by atoms with Crippen molar-refractivity contribution in [3.05, 3.63) is 53.8 Å². The Bertz CT molecular complexity index is 1270. The highest BCUT2D eigenvalue weighted by Crippen LogP contribution is 2.32. The molecule has 1 fully saturated rings. The maximum absolute atomic E-state index is 13.6. The van der Waals surface area contributed by atoms with E-state index < -0.39 is 15.8 Å². The number of aryl methyl sites for hydroxylation is 1. The number of thiazole rings is 1. The summed E-state index contributed by atoms with van der Waals surface area (Å²) in [4.78, 5) is 22.1. The summed E-state index contributed by atoms with van der Waals surface area (Å²) < 4.78 is 41.5. The molecular formula is C24H29FN4O3S2. The number of piperidine rings is 1. The lowest BCUT2D eigenvalue weighted by atomic mass is 9.96. The monoisotopic (exact) mass is 504 g/mol. The van der Waals surface area contributed by atoms with Crippen LogP contribution in [0.1, 0.15) is 18.4 Å². The molecule has 0 aliphatic carbocycles. The van der Waals surface area contributed by atoms with Gasteiger partial charge in [-0.25, -0.2) is 17.8 Å². The standard InChI is InChI=1S/C24H29FN4O3S2/c1-17-4-9-21-22(16-17)33-24(26-21)29(15-14-27(2)3)23(30)18-10-12-28(13-11-18)34(31,32)20-7-5-19(25)6-8-20/h4-9,16,18H,10-15H2,1-3H3. The number of anilines is 1. The summed E-state index contributed by atoms with van der Waals surface area (Å²) in [5.41, 5.74) is 2.01. The molecule has 1 aliphatic heterocycles. The fourth-order valence-electron chi connectivity index (χ4n) is 4.05. The van der Waals surface area contributed by atoms with Gasteiger partial charge in [0.2, 0.25) is 15.9 Å². The van der Waals surface area contributed by atoms with Crippen molar-refractivity contribution in [2.24, 2.45) is 5.92 Å². The summed E-state index contributed by atoms with van der Waals surface area (Å²) in [7, 11) is 0.205. The van der Waals surface area contributed by atoms with E-state index in [2.05, 4.69) is 6.07 Å². The maximum Gasteiger partial charge on any atom is 0.243 e. The van der Waals surface area contributed by atoms with Crippen molar-refractivity contribution in [1.82, 2.24) is 14.2 Å². The summed E-state index contributed by atoms with van der Waals surface area (Å²) in [6.07, 6.45) is 0.865. The molecule has 4 rings (SSSR count). The number of rotatable bonds is 7. The Morgan fingerprint density at radius 3 is 2.44 bits per heavy atom. The Morgan fingerprint density at radius 2 is 1.79 bits per heavy atom. The molecule has 10 heteroatoms. The highest BCUT2D eigenvalue weighted by molar-refractivity contribution is 7.89. The molecule has 34 heavy (non-hydrogen) atoms. The first-order valence-electron chi connectivity index (χ1n) is 11.2. The van der Waals surface area contributed by atoms with Crippen LogP contribution in [0.4, 0.5) is 9.52 Å². The lowest BCUT2D eigenvalue weighted by Gasteiger charge is -2.33. The van der Waals surface area contributed by atoms with Gasteiger partial charge in [0.25, 0.3) is 0 Å². The van der Waals surface area contributed by atoms with E-state index in [9.17, 15) is 17.6 Å². The molecule has 0 saturated carbocycles. The van der Waals surface area contributed by atoms with Gasteiger partial charge in [0.1, 0.15) is 5.82 Å². The minimum atomic E-state index is -3.72. The van der Waals surface area contributed by atoms with Crippen molar-refractivity contribution in [1.29, 1.82) is 0 Å². The molecule has 2 aromatic carbocycles. The van der Waals surface area contributed by atoms with Crippen LogP contribution < -0.4 is 4.90 Å². The van der Waals surface area contributed by atoms with Crippen LogP contribution >= 0.6 is 11.3 Å². The quantitative estimate of drug-likeness (QED) is 0.490. The number of carbonyl (C=O) groups is 1. The zero-order valence-electron chi connectivity index (χ0n) is 19.6. The lowest BCUT2D eigenvalue weighted by molar-refractivity contribution is -0.123. The predicted octanol–water partition coefficient (Wildman–Crippen LogP) is 3.74. The molecule has 182 valence electrons. The van der Waals surface area contributed by atoms with Gasteiger partial charge >= 0.3 is 0 Å². The number of benzene rings is 2. The van der Waals surface area contributed by atoms with Gasteiger partial charge in [0.15, 0.2) is 5.13 Å². The molecule has 0 radical (unpaired) electrons. The zero-order chi connectivity index (χ0) is 24.5. The highest BCUT2D eigenvalue weighted by Gasteiger charge is 2.35. The minimum Gasteiger partial charge on any atom is -0.308 e. The van der Waals surface area contributed by atoms with Gasteiger partial charge in [0, 0.05) is 32.1 Å². The van der Waals surface area contributed by atoms with Crippen LogP contribution in [0.25, 0.3) is 10.2 Å². The van der Waals surface area contributed by atoms with Crippen molar-refractivity contribution < 1.29 is 17.6 Å². The fourth-order valence-corrected chi connectivity index (χ4v) is 6.62. The van der Waals surface area contributed by atoms with E-state index in [-0.39, 0.29) is 29.8 Å². The summed E-state index contributed by atoms with van der Waals surface area (Å²) in [5, 5.41) is 0.675. The molecule has 1 amide bonds. The lowest BCUT2D eigenvalue weighted by Crippen LogP contribution is -2.46. The number of amides is 1. The van der Waals surface area contributed by atoms with Crippen LogP contribution in [0.2, 0.25) is 0 Å². The van der Waals surface area contributed by atoms with E-state index >= 15 is 0 Å². The number of carbonyl (C=O) groups excluding carboxylic acids is 1.